The molecule has 0 bridgehead atoms. The first-order valence-corrected chi connectivity index (χ1v) is 12.1. The molecule has 34 heavy (non-hydrogen) atoms. The zero-order valence-corrected chi connectivity index (χ0v) is 20.8. The molecule has 4 rings (SSSR count). The molecule has 1 aromatic carbocycles. The second kappa shape index (κ2) is 10.5. The number of amides is 1. The molecule has 3 heterocycles. The fourth-order valence-corrected chi connectivity index (χ4v) is 4.73. The van der Waals surface area contributed by atoms with E-state index < -0.39 is 0 Å². The van der Waals surface area contributed by atoms with Crippen molar-refractivity contribution < 1.29 is 9.59 Å². The number of carbonyl (C=O) groups is 2. The van der Waals surface area contributed by atoms with Gasteiger partial charge in [-0.15, -0.1) is 0 Å². The van der Waals surface area contributed by atoms with Gasteiger partial charge in [-0.2, -0.15) is 0 Å². The smallest absolute Gasteiger partial charge is 0.267 e. The number of rotatable bonds is 7. The highest BCUT2D eigenvalue weighted by Crippen LogP contribution is 2.28. The number of nitrogens with zero attached hydrogens (tertiary/aromatic N) is 5. The molecule has 0 aliphatic carbocycles. The molecule has 0 unspecified atom stereocenters. The summed E-state index contributed by atoms with van der Waals surface area (Å²) in [5.41, 5.74) is 1.48. The van der Waals surface area contributed by atoms with Crippen LogP contribution in [0.3, 0.4) is 0 Å². The van der Waals surface area contributed by atoms with Gasteiger partial charge in [0.25, 0.3) is 5.91 Å². The van der Waals surface area contributed by atoms with E-state index in [0.717, 1.165) is 37.6 Å². The number of piperazine rings is 1. The van der Waals surface area contributed by atoms with Crippen LogP contribution < -0.4 is 15.5 Å². The third-order valence-electron chi connectivity index (χ3n) is 5.39. The van der Waals surface area contributed by atoms with Crippen LogP contribution in [-0.4, -0.2) is 64.3 Å². The summed E-state index contributed by atoms with van der Waals surface area (Å²) in [6, 6.07) is 7.34. The minimum absolute atomic E-state index is 0.177. The number of nitrogens with one attached hydrogen (secondary N) is 2. The van der Waals surface area contributed by atoms with Gasteiger partial charge < -0.3 is 15.5 Å². The van der Waals surface area contributed by atoms with Crippen molar-refractivity contribution in [2.24, 2.45) is 0 Å². The highest BCUT2D eigenvalue weighted by Gasteiger charge is 2.20. The Morgan fingerprint density at radius 3 is 2.62 bits per heavy atom. The SMILES string of the molecule is CC(=O)CN1CCN(c2cc(Nc3ncc(C(=O)Nc4c(C)cccc4Cl)s3)nc(C)n2)CC1. The number of carbonyl (C=O) groups excluding carboxylic acids is 2. The monoisotopic (exact) mass is 499 g/mol. The molecule has 2 aromatic heterocycles. The lowest BCUT2D eigenvalue weighted by Crippen LogP contribution is -2.48. The molecule has 1 amide bonds. The van der Waals surface area contributed by atoms with Crippen molar-refractivity contribution in [1.82, 2.24) is 19.9 Å². The Hall–Kier alpha value is -3.08. The summed E-state index contributed by atoms with van der Waals surface area (Å²) < 4.78 is 0. The second-order valence-electron chi connectivity index (χ2n) is 8.16. The van der Waals surface area contributed by atoms with Gasteiger partial charge in [-0.25, -0.2) is 15.0 Å². The molecule has 0 saturated carbocycles. The molecule has 1 aliphatic heterocycles. The first-order chi connectivity index (χ1) is 16.3. The highest BCUT2D eigenvalue weighted by atomic mass is 35.5. The third-order valence-corrected chi connectivity index (χ3v) is 6.62. The van der Waals surface area contributed by atoms with Gasteiger partial charge >= 0.3 is 0 Å². The van der Waals surface area contributed by atoms with Crippen molar-refractivity contribution in [1.29, 1.82) is 0 Å². The zero-order chi connectivity index (χ0) is 24.2. The quantitative estimate of drug-likeness (QED) is 0.504. The number of benzene rings is 1. The van der Waals surface area contributed by atoms with Crippen LogP contribution in [0.25, 0.3) is 0 Å². The summed E-state index contributed by atoms with van der Waals surface area (Å²) >= 11 is 7.45. The topological polar surface area (TPSA) is 103 Å². The van der Waals surface area contributed by atoms with E-state index in [1.165, 1.54) is 17.5 Å². The summed E-state index contributed by atoms with van der Waals surface area (Å²) in [6.07, 6.45) is 1.53. The number of Topliss-reactive ketones (excluding diaryl/α,β-unsaturated/α-hetero) is 1. The van der Waals surface area contributed by atoms with Crippen LogP contribution in [0, 0.1) is 13.8 Å². The molecular formula is C23H26ClN7O2S. The minimum Gasteiger partial charge on any atom is -0.354 e. The second-order valence-corrected chi connectivity index (χ2v) is 9.60. The maximum atomic E-state index is 12.7. The molecule has 0 atom stereocenters. The third kappa shape index (κ3) is 5.88. The number of thiazole rings is 1. The molecule has 0 radical (unpaired) electrons. The Morgan fingerprint density at radius 2 is 1.91 bits per heavy atom. The van der Waals surface area contributed by atoms with Crippen LogP contribution in [0.2, 0.25) is 5.02 Å². The van der Waals surface area contributed by atoms with E-state index in [1.807, 2.05) is 32.0 Å². The Balaban J connectivity index is 1.42. The van der Waals surface area contributed by atoms with Gasteiger partial charge in [0, 0.05) is 32.2 Å². The first kappa shape index (κ1) is 24.1. The fourth-order valence-electron chi connectivity index (χ4n) is 3.74. The molecule has 0 spiro atoms. The average molecular weight is 500 g/mol. The number of hydrogen-bond donors (Lipinski definition) is 2. The van der Waals surface area contributed by atoms with E-state index in [-0.39, 0.29) is 11.7 Å². The maximum Gasteiger partial charge on any atom is 0.267 e. The largest absolute Gasteiger partial charge is 0.354 e. The number of anilines is 4. The number of para-hydroxylation sites is 1. The van der Waals surface area contributed by atoms with E-state index >= 15 is 0 Å². The zero-order valence-electron chi connectivity index (χ0n) is 19.3. The molecule has 2 N–H and O–H groups in total. The van der Waals surface area contributed by atoms with E-state index in [0.29, 0.717) is 38.9 Å². The fraction of sp³-hybridized carbons (Fsp3) is 0.348. The van der Waals surface area contributed by atoms with Gasteiger partial charge in [0.2, 0.25) is 0 Å². The van der Waals surface area contributed by atoms with Crippen LogP contribution >= 0.6 is 22.9 Å². The standard InChI is InChI=1S/C23H26ClN7O2S/c1-14-5-4-6-17(24)21(14)29-22(33)18-12-25-23(34-18)28-19-11-20(27-16(3)26-19)31-9-7-30(8-10-31)13-15(2)32/h4-6,11-12H,7-10,13H2,1-3H3,(H,29,33)(H,25,26,27,28). The number of halogens is 1. The lowest BCUT2D eigenvalue weighted by molar-refractivity contribution is -0.118. The van der Waals surface area contributed by atoms with Crippen molar-refractivity contribution in [3.8, 4) is 0 Å². The van der Waals surface area contributed by atoms with E-state index in [9.17, 15) is 9.59 Å². The summed E-state index contributed by atoms with van der Waals surface area (Å²) in [5.74, 6) is 1.97. The lowest BCUT2D eigenvalue weighted by Gasteiger charge is -2.35. The summed E-state index contributed by atoms with van der Waals surface area (Å²) in [5, 5.41) is 7.09. The van der Waals surface area contributed by atoms with Gasteiger partial charge in [-0.1, -0.05) is 35.1 Å². The molecule has 3 aromatic rings. The molecule has 11 heteroatoms. The summed E-state index contributed by atoms with van der Waals surface area (Å²) in [4.78, 5) is 42.2. The van der Waals surface area contributed by atoms with E-state index in [2.05, 4.69) is 35.4 Å². The Kier molecular flexibility index (Phi) is 7.40. The average Bonchev–Trinajstić information content (AvgIpc) is 3.24. The number of ketones is 1. The van der Waals surface area contributed by atoms with Gasteiger partial charge in [0.1, 0.15) is 28.1 Å². The minimum atomic E-state index is -0.273. The van der Waals surface area contributed by atoms with Crippen molar-refractivity contribution in [2.75, 3.05) is 48.3 Å². The Morgan fingerprint density at radius 1 is 1.15 bits per heavy atom. The maximum absolute atomic E-state index is 12.7. The van der Waals surface area contributed by atoms with Crippen LogP contribution in [0.1, 0.15) is 28.0 Å². The normalized spacial score (nSPS) is 14.2. The van der Waals surface area contributed by atoms with Gasteiger partial charge in [0.15, 0.2) is 5.13 Å². The highest BCUT2D eigenvalue weighted by molar-refractivity contribution is 7.17. The van der Waals surface area contributed by atoms with Crippen LogP contribution in [0.5, 0.6) is 0 Å². The van der Waals surface area contributed by atoms with Gasteiger partial charge in [0.05, 0.1) is 23.5 Å². The molecular weight excluding hydrogens is 474 g/mol. The van der Waals surface area contributed by atoms with E-state index in [4.69, 9.17) is 11.6 Å². The predicted octanol–water partition coefficient (Wildman–Crippen LogP) is 3.91. The van der Waals surface area contributed by atoms with Crippen molar-refractivity contribution >= 4 is 57.1 Å². The molecule has 1 fully saturated rings. The molecule has 1 saturated heterocycles. The first-order valence-electron chi connectivity index (χ1n) is 10.9. The predicted molar refractivity (Wildman–Crippen MR) is 136 cm³/mol. The number of aromatic nitrogens is 3. The molecule has 9 nitrogen and oxygen atoms in total. The Bertz CT molecular complexity index is 1190. The molecule has 1 aliphatic rings. The summed E-state index contributed by atoms with van der Waals surface area (Å²) in [6.45, 7) is 9.01. The van der Waals surface area contributed by atoms with Crippen molar-refractivity contribution in [2.45, 2.75) is 20.8 Å². The van der Waals surface area contributed by atoms with Crippen LogP contribution in [0.15, 0.2) is 30.5 Å². The molecule has 178 valence electrons. The van der Waals surface area contributed by atoms with Crippen LogP contribution in [0.4, 0.5) is 22.5 Å². The van der Waals surface area contributed by atoms with Gasteiger partial charge in [-0.05, 0) is 32.4 Å². The van der Waals surface area contributed by atoms with E-state index in [1.54, 1.807) is 13.0 Å². The Labute approximate surface area is 207 Å². The van der Waals surface area contributed by atoms with Crippen LogP contribution in [-0.2, 0) is 4.79 Å². The number of aryl methyl sites for hydroxylation is 2. The number of hydrogen-bond acceptors (Lipinski definition) is 9. The van der Waals surface area contributed by atoms with Crippen molar-refractivity contribution in [3.05, 3.63) is 51.7 Å². The summed E-state index contributed by atoms with van der Waals surface area (Å²) in [7, 11) is 0. The van der Waals surface area contributed by atoms with Gasteiger partial charge in [-0.3, -0.25) is 14.5 Å². The lowest BCUT2D eigenvalue weighted by atomic mass is 10.2. The van der Waals surface area contributed by atoms with Crippen molar-refractivity contribution in [3.63, 3.8) is 0 Å².